The summed E-state index contributed by atoms with van der Waals surface area (Å²) in [5.74, 6) is -0.207. The van der Waals surface area contributed by atoms with E-state index in [0.29, 0.717) is 17.6 Å². The topological polar surface area (TPSA) is 98.2 Å². The number of amides is 1. The molecule has 0 aliphatic heterocycles. The van der Waals surface area contributed by atoms with Crippen LogP contribution in [0.25, 0.3) is 16.7 Å². The zero-order valence-corrected chi connectivity index (χ0v) is 11.3. The number of aromatic nitrogens is 5. The molecule has 4 heterocycles. The summed E-state index contributed by atoms with van der Waals surface area (Å²) in [7, 11) is 0. The normalized spacial score (nSPS) is 11.1. The Morgan fingerprint density at radius 2 is 2.18 bits per heavy atom. The van der Waals surface area contributed by atoms with E-state index in [0.717, 1.165) is 11.3 Å². The molecule has 0 spiro atoms. The molecule has 1 N–H and O–H groups in total. The van der Waals surface area contributed by atoms with E-state index < -0.39 is 0 Å². The lowest BCUT2D eigenvalue weighted by molar-refractivity contribution is 0.0915. The summed E-state index contributed by atoms with van der Waals surface area (Å²) in [6.07, 6.45) is 3.06. The first kappa shape index (κ1) is 12.5. The number of hydrogen-bond acceptors (Lipinski definition) is 6. The molecule has 0 saturated carbocycles. The minimum Gasteiger partial charge on any atom is -0.348 e. The number of fused-ring (bicyclic) bond motifs is 2. The molecule has 0 radical (unpaired) electrons. The Balaban J connectivity index is 1.59. The molecule has 22 heavy (non-hydrogen) atoms. The lowest BCUT2D eigenvalue weighted by Gasteiger charge is -2.05. The largest absolute Gasteiger partial charge is 0.348 e. The average Bonchev–Trinajstić information content (AvgIpc) is 3.19. The number of rotatable bonds is 3. The number of carbonyl (C=O) groups is 1. The van der Waals surface area contributed by atoms with Gasteiger partial charge in [0.2, 0.25) is 11.4 Å². The van der Waals surface area contributed by atoms with Gasteiger partial charge in [0.1, 0.15) is 6.33 Å². The van der Waals surface area contributed by atoms with Crippen molar-refractivity contribution in [3.05, 3.63) is 54.3 Å². The van der Waals surface area contributed by atoms with E-state index in [2.05, 4.69) is 25.5 Å². The molecular formula is C14H10N6O2. The molecule has 0 aliphatic rings. The predicted octanol–water partition coefficient (Wildman–Crippen LogP) is 1.20. The van der Waals surface area contributed by atoms with Crippen LogP contribution in [-0.4, -0.2) is 30.6 Å². The molecule has 0 bridgehead atoms. The molecular weight excluding hydrogens is 284 g/mol. The van der Waals surface area contributed by atoms with Crippen molar-refractivity contribution in [2.24, 2.45) is 0 Å². The summed E-state index contributed by atoms with van der Waals surface area (Å²) in [6, 6.07) is 9.04. The molecule has 1 amide bonds. The Morgan fingerprint density at radius 3 is 3.14 bits per heavy atom. The van der Waals surface area contributed by atoms with Crippen LogP contribution in [-0.2, 0) is 6.54 Å². The van der Waals surface area contributed by atoms with Crippen LogP contribution in [0.15, 0.2) is 47.4 Å². The molecule has 0 aromatic carbocycles. The van der Waals surface area contributed by atoms with Gasteiger partial charge in [0.25, 0.3) is 5.91 Å². The Labute approximate surface area is 123 Å². The van der Waals surface area contributed by atoms with Gasteiger partial charge in [-0.1, -0.05) is 11.2 Å². The molecule has 0 unspecified atom stereocenters. The van der Waals surface area contributed by atoms with Crippen molar-refractivity contribution < 1.29 is 9.32 Å². The molecule has 4 aromatic rings. The first-order chi connectivity index (χ1) is 10.8. The highest BCUT2D eigenvalue weighted by molar-refractivity contribution is 6.02. The lowest BCUT2D eigenvalue weighted by atomic mass is 10.2. The number of carbonyl (C=O) groups excluding carboxylic acids is 1. The van der Waals surface area contributed by atoms with Crippen LogP contribution in [0.1, 0.15) is 16.2 Å². The second kappa shape index (κ2) is 4.92. The number of pyridine rings is 2. The molecule has 8 heteroatoms. The fourth-order valence-electron chi connectivity index (χ4n) is 2.23. The Morgan fingerprint density at radius 1 is 1.23 bits per heavy atom. The molecule has 0 aliphatic carbocycles. The summed E-state index contributed by atoms with van der Waals surface area (Å²) >= 11 is 0. The zero-order valence-electron chi connectivity index (χ0n) is 11.3. The molecule has 0 saturated heterocycles. The first-order valence-corrected chi connectivity index (χ1v) is 6.59. The maximum atomic E-state index is 12.2. The van der Waals surface area contributed by atoms with Crippen LogP contribution in [0.2, 0.25) is 0 Å². The maximum absolute atomic E-state index is 12.2. The van der Waals surface area contributed by atoms with E-state index in [1.807, 2.05) is 18.2 Å². The van der Waals surface area contributed by atoms with E-state index in [9.17, 15) is 4.79 Å². The first-order valence-electron chi connectivity index (χ1n) is 6.59. The minimum atomic E-state index is -0.354. The molecule has 4 aromatic heterocycles. The van der Waals surface area contributed by atoms with Crippen LogP contribution >= 0.6 is 0 Å². The molecule has 8 nitrogen and oxygen atoms in total. The van der Waals surface area contributed by atoms with Crippen LogP contribution in [0.4, 0.5) is 0 Å². The van der Waals surface area contributed by atoms with E-state index >= 15 is 0 Å². The number of nitrogens with zero attached hydrogens (tertiary/aromatic N) is 5. The number of hydrogen-bond donors (Lipinski definition) is 1. The molecule has 4 rings (SSSR count). The second-order valence-electron chi connectivity index (χ2n) is 4.62. The van der Waals surface area contributed by atoms with Gasteiger partial charge in [-0.05, 0) is 24.3 Å². The Hall–Kier alpha value is -3.29. The standard InChI is InChI=1S/C14H10N6O2/c21-14(12-10-4-2-6-15-13(10)19-22-12)16-7-9-3-1-5-11-17-8-18-20(9)11/h1-6,8H,7H2,(H,16,21). The fraction of sp³-hybridized carbons (Fsp3) is 0.0714. The van der Waals surface area contributed by atoms with E-state index in [-0.39, 0.29) is 11.7 Å². The van der Waals surface area contributed by atoms with Crippen LogP contribution in [0.3, 0.4) is 0 Å². The fourth-order valence-corrected chi connectivity index (χ4v) is 2.23. The van der Waals surface area contributed by atoms with Gasteiger partial charge in [-0.2, -0.15) is 5.10 Å². The monoisotopic (exact) mass is 294 g/mol. The Kier molecular flexibility index (Phi) is 2.78. The SMILES string of the molecule is O=C(NCc1cccc2ncnn12)c1onc2ncccc12. The van der Waals surface area contributed by atoms with Gasteiger partial charge in [-0.25, -0.2) is 14.5 Å². The summed E-state index contributed by atoms with van der Waals surface area (Å²) in [4.78, 5) is 20.4. The van der Waals surface area contributed by atoms with E-state index in [1.165, 1.54) is 6.33 Å². The van der Waals surface area contributed by atoms with Crippen molar-refractivity contribution in [1.82, 2.24) is 30.1 Å². The summed E-state index contributed by atoms with van der Waals surface area (Å²) in [5.41, 5.74) is 1.94. The highest BCUT2D eigenvalue weighted by Crippen LogP contribution is 2.15. The van der Waals surface area contributed by atoms with Crippen LogP contribution < -0.4 is 5.32 Å². The highest BCUT2D eigenvalue weighted by atomic mass is 16.5. The third kappa shape index (κ3) is 1.97. The summed E-state index contributed by atoms with van der Waals surface area (Å²) in [5, 5.41) is 11.2. The van der Waals surface area contributed by atoms with Crippen LogP contribution in [0.5, 0.6) is 0 Å². The summed E-state index contributed by atoms with van der Waals surface area (Å²) in [6.45, 7) is 0.294. The average molecular weight is 294 g/mol. The van der Waals surface area contributed by atoms with Crippen molar-refractivity contribution in [2.75, 3.05) is 0 Å². The summed E-state index contributed by atoms with van der Waals surface area (Å²) < 4.78 is 6.75. The minimum absolute atomic E-state index is 0.147. The third-order valence-corrected chi connectivity index (χ3v) is 3.27. The maximum Gasteiger partial charge on any atom is 0.290 e. The smallest absolute Gasteiger partial charge is 0.290 e. The van der Waals surface area contributed by atoms with Gasteiger partial charge < -0.3 is 9.84 Å². The van der Waals surface area contributed by atoms with Crippen molar-refractivity contribution in [2.45, 2.75) is 6.54 Å². The molecule has 0 fully saturated rings. The Bertz CT molecular complexity index is 973. The number of nitrogens with one attached hydrogen (secondary N) is 1. The van der Waals surface area contributed by atoms with E-state index in [4.69, 9.17) is 4.52 Å². The van der Waals surface area contributed by atoms with Crippen molar-refractivity contribution in [3.8, 4) is 0 Å². The van der Waals surface area contributed by atoms with Crippen molar-refractivity contribution in [1.29, 1.82) is 0 Å². The van der Waals surface area contributed by atoms with Gasteiger partial charge in [-0.3, -0.25) is 4.79 Å². The molecule has 108 valence electrons. The van der Waals surface area contributed by atoms with Gasteiger partial charge in [0.05, 0.1) is 17.6 Å². The van der Waals surface area contributed by atoms with Gasteiger partial charge in [0.15, 0.2) is 5.65 Å². The predicted molar refractivity (Wildman–Crippen MR) is 76.0 cm³/mol. The van der Waals surface area contributed by atoms with Gasteiger partial charge in [0, 0.05) is 6.20 Å². The van der Waals surface area contributed by atoms with Gasteiger partial charge in [-0.15, -0.1) is 0 Å². The van der Waals surface area contributed by atoms with Crippen LogP contribution in [0, 0.1) is 0 Å². The molecule has 0 atom stereocenters. The highest BCUT2D eigenvalue weighted by Gasteiger charge is 2.17. The zero-order chi connectivity index (χ0) is 14.9. The van der Waals surface area contributed by atoms with Gasteiger partial charge >= 0.3 is 0 Å². The second-order valence-corrected chi connectivity index (χ2v) is 4.62. The lowest BCUT2D eigenvalue weighted by Crippen LogP contribution is -2.23. The van der Waals surface area contributed by atoms with Crippen molar-refractivity contribution >= 4 is 22.6 Å². The quantitative estimate of drug-likeness (QED) is 0.609. The van der Waals surface area contributed by atoms with E-state index in [1.54, 1.807) is 22.8 Å². The van der Waals surface area contributed by atoms with Crippen molar-refractivity contribution in [3.63, 3.8) is 0 Å². The third-order valence-electron chi connectivity index (χ3n) is 3.27.